The van der Waals surface area contributed by atoms with Gasteiger partial charge < -0.3 is 10.2 Å². The topological polar surface area (TPSA) is 75.9 Å². The quantitative estimate of drug-likeness (QED) is 0.740. The lowest BCUT2D eigenvalue weighted by Crippen LogP contribution is -2.32. The first-order valence-corrected chi connectivity index (χ1v) is 9.65. The molecule has 0 unspecified atom stereocenters. The van der Waals surface area contributed by atoms with Crippen LogP contribution < -0.4 is 10.2 Å². The summed E-state index contributed by atoms with van der Waals surface area (Å²) in [6.45, 7) is 4.51. The second-order valence-corrected chi connectivity index (χ2v) is 7.27. The molecule has 144 valence electrons. The molecule has 28 heavy (non-hydrogen) atoms. The van der Waals surface area contributed by atoms with Crippen LogP contribution in [0.25, 0.3) is 11.4 Å². The first-order chi connectivity index (χ1) is 13.7. The number of tetrazole rings is 1. The predicted molar refractivity (Wildman–Crippen MR) is 109 cm³/mol. The maximum atomic E-state index is 12.3. The Morgan fingerprint density at radius 3 is 2.50 bits per heavy atom. The van der Waals surface area contributed by atoms with Crippen LogP contribution in [-0.2, 0) is 11.3 Å². The van der Waals surface area contributed by atoms with E-state index in [1.807, 2.05) is 42.5 Å². The maximum Gasteiger partial charge on any atom is 0.248 e. The Balaban J connectivity index is 1.33. The average Bonchev–Trinajstić information content (AvgIpc) is 3.18. The van der Waals surface area contributed by atoms with Crippen LogP contribution in [0.15, 0.2) is 54.6 Å². The molecule has 0 spiro atoms. The fourth-order valence-corrected chi connectivity index (χ4v) is 3.36. The van der Waals surface area contributed by atoms with Crippen molar-refractivity contribution in [3.63, 3.8) is 0 Å². The van der Waals surface area contributed by atoms with Crippen LogP contribution in [0.3, 0.4) is 0 Å². The molecule has 1 aromatic heterocycles. The Labute approximate surface area is 164 Å². The molecule has 1 amide bonds. The van der Waals surface area contributed by atoms with Crippen LogP contribution >= 0.6 is 0 Å². The van der Waals surface area contributed by atoms with E-state index < -0.39 is 0 Å². The summed E-state index contributed by atoms with van der Waals surface area (Å²) in [6, 6.07) is 17.6. The number of piperidine rings is 1. The summed E-state index contributed by atoms with van der Waals surface area (Å²) in [5, 5.41) is 15.1. The third-order valence-electron chi connectivity index (χ3n) is 5.07. The highest BCUT2D eigenvalue weighted by atomic mass is 16.2. The molecule has 1 N–H and O–H groups in total. The first-order valence-electron chi connectivity index (χ1n) is 9.65. The van der Waals surface area contributed by atoms with Gasteiger partial charge >= 0.3 is 0 Å². The van der Waals surface area contributed by atoms with Crippen molar-refractivity contribution < 1.29 is 4.79 Å². The van der Waals surface area contributed by atoms with Gasteiger partial charge in [-0.1, -0.05) is 37.3 Å². The summed E-state index contributed by atoms with van der Waals surface area (Å²) >= 11 is 0. The van der Waals surface area contributed by atoms with Crippen molar-refractivity contribution in [2.45, 2.75) is 26.3 Å². The van der Waals surface area contributed by atoms with Gasteiger partial charge in [-0.05, 0) is 48.2 Å². The van der Waals surface area contributed by atoms with Gasteiger partial charge in [0.2, 0.25) is 11.7 Å². The summed E-state index contributed by atoms with van der Waals surface area (Å²) in [5.74, 6) is 1.13. The zero-order valence-corrected chi connectivity index (χ0v) is 16.0. The van der Waals surface area contributed by atoms with Crippen molar-refractivity contribution in [2.75, 3.05) is 23.3 Å². The molecule has 0 atom stereocenters. The van der Waals surface area contributed by atoms with E-state index in [-0.39, 0.29) is 12.5 Å². The number of carbonyl (C=O) groups excluding carboxylic acids is 1. The molecule has 7 nitrogen and oxygen atoms in total. The third kappa shape index (κ3) is 4.36. The minimum atomic E-state index is -0.184. The number of rotatable bonds is 5. The number of hydrogen-bond donors (Lipinski definition) is 1. The van der Waals surface area contributed by atoms with Crippen molar-refractivity contribution in [3.05, 3.63) is 54.6 Å². The van der Waals surface area contributed by atoms with Crippen molar-refractivity contribution in [2.24, 2.45) is 5.92 Å². The minimum absolute atomic E-state index is 0.0194. The molecule has 7 heteroatoms. The van der Waals surface area contributed by atoms with E-state index in [1.165, 1.54) is 23.3 Å². The molecule has 1 aliphatic rings. The Morgan fingerprint density at radius 1 is 1.07 bits per heavy atom. The van der Waals surface area contributed by atoms with Gasteiger partial charge in [-0.2, -0.15) is 4.80 Å². The second-order valence-electron chi connectivity index (χ2n) is 7.27. The van der Waals surface area contributed by atoms with Gasteiger partial charge in [0.1, 0.15) is 6.54 Å². The Bertz CT molecular complexity index is 914. The molecule has 1 aliphatic heterocycles. The number of carbonyl (C=O) groups is 1. The van der Waals surface area contributed by atoms with Crippen molar-refractivity contribution >= 4 is 17.3 Å². The number of amides is 1. The Hall–Kier alpha value is -3.22. The number of aromatic nitrogens is 4. The highest BCUT2D eigenvalue weighted by Gasteiger charge is 2.16. The number of nitrogens with zero attached hydrogens (tertiary/aromatic N) is 5. The van der Waals surface area contributed by atoms with Gasteiger partial charge in [0.25, 0.3) is 0 Å². The first kappa shape index (κ1) is 18.2. The molecule has 1 fully saturated rings. The molecule has 2 heterocycles. The minimum Gasteiger partial charge on any atom is -0.372 e. The third-order valence-corrected chi connectivity index (χ3v) is 5.07. The van der Waals surface area contributed by atoms with Crippen LogP contribution in [0.4, 0.5) is 11.4 Å². The standard InChI is InChI=1S/C21H24N6O/c1-16-11-13-26(14-12-16)19-9-7-18(8-10-19)22-20(28)15-27-24-21(23-25-27)17-5-3-2-4-6-17/h2-10,16H,11-15H2,1H3,(H,22,28). The predicted octanol–water partition coefficient (Wildman–Crippen LogP) is 3.22. The van der Waals surface area contributed by atoms with Gasteiger partial charge in [-0.3, -0.25) is 4.79 Å². The molecule has 0 saturated carbocycles. The summed E-state index contributed by atoms with van der Waals surface area (Å²) in [7, 11) is 0. The number of benzene rings is 2. The number of nitrogens with one attached hydrogen (secondary N) is 1. The second kappa shape index (κ2) is 8.21. The van der Waals surface area contributed by atoms with Crippen LogP contribution in [0, 0.1) is 5.92 Å². The van der Waals surface area contributed by atoms with Crippen LogP contribution in [-0.4, -0.2) is 39.2 Å². The monoisotopic (exact) mass is 376 g/mol. The van der Waals surface area contributed by atoms with Crippen molar-refractivity contribution in [1.82, 2.24) is 20.2 Å². The SMILES string of the molecule is CC1CCN(c2ccc(NC(=O)Cn3nnc(-c4ccccc4)n3)cc2)CC1. The van der Waals surface area contributed by atoms with E-state index in [0.29, 0.717) is 5.82 Å². The average molecular weight is 376 g/mol. The van der Waals surface area contributed by atoms with E-state index in [4.69, 9.17) is 0 Å². The van der Waals surface area contributed by atoms with E-state index in [0.717, 1.165) is 30.3 Å². The van der Waals surface area contributed by atoms with E-state index in [1.54, 1.807) is 0 Å². The van der Waals surface area contributed by atoms with E-state index >= 15 is 0 Å². The van der Waals surface area contributed by atoms with Crippen LogP contribution in [0.1, 0.15) is 19.8 Å². The highest BCUT2D eigenvalue weighted by molar-refractivity contribution is 5.90. The summed E-state index contributed by atoms with van der Waals surface area (Å²) in [6.07, 6.45) is 2.46. The van der Waals surface area contributed by atoms with E-state index in [9.17, 15) is 4.79 Å². The number of hydrogen-bond acceptors (Lipinski definition) is 5. The Kier molecular flexibility index (Phi) is 5.32. The van der Waals surface area contributed by atoms with Gasteiger partial charge in [-0.25, -0.2) is 0 Å². The molecule has 4 rings (SSSR count). The zero-order valence-electron chi connectivity index (χ0n) is 16.0. The summed E-state index contributed by atoms with van der Waals surface area (Å²) < 4.78 is 0. The fraction of sp³-hybridized carbons (Fsp3) is 0.333. The molecule has 1 saturated heterocycles. The maximum absolute atomic E-state index is 12.3. The molecule has 3 aromatic rings. The van der Waals surface area contributed by atoms with Gasteiger partial charge in [-0.15, -0.1) is 10.2 Å². The van der Waals surface area contributed by atoms with Gasteiger partial charge in [0.05, 0.1) is 0 Å². The largest absolute Gasteiger partial charge is 0.372 e. The van der Waals surface area contributed by atoms with Crippen molar-refractivity contribution in [3.8, 4) is 11.4 Å². The number of anilines is 2. The molecule has 0 radical (unpaired) electrons. The van der Waals surface area contributed by atoms with Gasteiger partial charge in [0.15, 0.2) is 0 Å². The Morgan fingerprint density at radius 2 is 1.79 bits per heavy atom. The van der Waals surface area contributed by atoms with Crippen LogP contribution in [0.2, 0.25) is 0 Å². The lowest BCUT2D eigenvalue weighted by atomic mass is 9.99. The fourth-order valence-electron chi connectivity index (χ4n) is 3.36. The molecule has 2 aromatic carbocycles. The highest BCUT2D eigenvalue weighted by Crippen LogP contribution is 2.24. The summed E-state index contributed by atoms with van der Waals surface area (Å²) in [5.41, 5.74) is 2.84. The summed E-state index contributed by atoms with van der Waals surface area (Å²) in [4.78, 5) is 16.0. The lowest BCUT2D eigenvalue weighted by molar-refractivity contribution is -0.117. The molecule has 0 bridgehead atoms. The van der Waals surface area contributed by atoms with Crippen LogP contribution in [0.5, 0.6) is 0 Å². The van der Waals surface area contributed by atoms with E-state index in [2.05, 4.69) is 44.7 Å². The molecular weight excluding hydrogens is 352 g/mol. The molecule has 0 aliphatic carbocycles. The zero-order chi connectivity index (χ0) is 19.3. The smallest absolute Gasteiger partial charge is 0.248 e. The normalized spacial score (nSPS) is 14.8. The lowest BCUT2D eigenvalue weighted by Gasteiger charge is -2.32. The van der Waals surface area contributed by atoms with Crippen molar-refractivity contribution in [1.29, 1.82) is 0 Å². The molecular formula is C21H24N6O. The van der Waals surface area contributed by atoms with Gasteiger partial charge in [0, 0.05) is 30.0 Å².